The molecular weight excluding hydrogens is 387 g/mol. The predicted octanol–water partition coefficient (Wildman–Crippen LogP) is 4.88. The van der Waals surface area contributed by atoms with Gasteiger partial charge in [-0.3, -0.25) is 4.79 Å². The molecule has 1 fully saturated rings. The number of carbonyl (C=O) groups is 1. The molecule has 3 aromatic carbocycles. The van der Waals surface area contributed by atoms with Crippen molar-refractivity contribution in [3.05, 3.63) is 76.9 Å². The number of benzene rings is 3. The molecule has 0 saturated carbocycles. The zero-order valence-electron chi connectivity index (χ0n) is 15.2. The third-order valence-corrected chi connectivity index (χ3v) is 5.14. The summed E-state index contributed by atoms with van der Waals surface area (Å²) in [4.78, 5) is 17.3. The van der Waals surface area contributed by atoms with Crippen molar-refractivity contribution in [3.8, 4) is 18.1 Å². The molecule has 1 amide bonds. The van der Waals surface area contributed by atoms with Crippen LogP contribution in [-0.4, -0.2) is 17.7 Å². The highest BCUT2D eigenvalue weighted by Gasteiger charge is 2.24. The average molecular weight is 402 g/mol. The van der Waals surface area contributed by atoms with Gasteiger partial charge in [0.25, 0.3) is 5.91 Å². The highest BCUT2D eigenvalue weighted by Crippen LogP contribution is 2.34. The van der Waals surface area contributed by atoms with Crippen LogP contribution in [0.1, 0.15) is 5.56 Å². The van der Waals surface area contributed by atoms with E-state index in [2.05, 4.69) is 16.2 Å². The molecule has 0 aromatic heterocycles. The van der Waals surface area contributed by atoms with Crippen molar-refractivity contribution in [2.24, 2.45) is 4.99 Å². The Morgan fingerprint density at radius 3 is 2.72 bits per heavy atom. The quantitative estimate of drug-likeness (QED) is 0.500. The second-order valence-corrected chi connectivity index (χ2v) is 7.18. The first kappa shape index (κ1) is 18.8. The summed E-state index contributed by atoms with van der Waals surface area (Å²) in [5.74, 6) is 2.46. The van der Waals surface area contributed by atoms with Gasteiger partial charge in [-0.15, -0.1) is 6.42 Å². The summed E-state index contributed by atoms with van der Waals surface area (Å²) in [6, 6.07) is 17.4. The van der Waals surface area contributed by atoms with Crippen molar-refractivity contribution in [2.45, 2.75) is 0 Å². The minimum atomic E-state index is -0.340. The van der Waals surface area contributed by atoms with Crippen molar-refractivity contribution in [3.63, 3.8) is 0 Å². The fraction of sp³-hybridized carbons (Fsp3) is 0.0435. The Hall–Kier alpha value is -3.56. The fourth-order valence-electron chi connectivity index (χ4n) is 2.91. The molecule has 1 aliphatic heterocycles. The monoisotopic (exact) mass is 402 g/mol. The summed E-state index contributed by atoms with van der Waals surface area (Å²) in [5, 5.41) is 5.14. The van der Waals surface area contributed by atoms with E-state index >= 15 is 0 Å². The third-order valence-electron chi connectivity index (χ3n) is 4.23. The van der Waals surface area contributed by atoms with Crippen LogP contribution in [0.2, 0.25) is 0 Å². The molecule has 0 spiro atoms. The molecule has 1 N–H and O–H groups in total. The standard InChI is InChI=1S/C23H15FN2O2S/c1-2-13-28-20-12-7-15-5-3-4-6-18(15)19(20)14-21-22(27)26-23(29-21)25-17-10-8-16(24)9-11-17/h1,3-12,14H,13H2,(H,25,26,27)/b21-14+. The summed E-state index contributed by atoms with van der Waals surface area (Å²) in [7, 11) is 0. The maximum atomic E-state index is 13.1. The van der Waals surface area contributed by atoms with Crippen LogP contribution in [0.5, 0.6) is 5.75 Å². The molecular formula is C23H15FN2O2S. The smallest absolute Gasteiger partial charge is 0.264 e. The Morgan fingerprint density at radius 1 is 1.14 bits per heavy atom. The predicted molar refractivity (Wildman–Crippen MR) is 115 cm³/mol. The second kappa shape index (κ2) is 8.21. The topological polar surface area (TPSA) is 50.7 Å². The van der Waals surface area contributed by atoms with Crippen LogP contribution in [0.4, 0.5) is 10.1 Å². The Balaban J connectivity index is 1.72. The zero-order valence-corrected chi connectivity index (χ0v) is 16.0. The number of nitrogens with one attached hydrogen (secondary N) is 1. The number of carbonyl (C=O) groups excluding carboxylic acids is 1. The van der Waals surface area contributed by atoms with E-state index in [1.807, 2.05) is 36.4 Å². The van der Waals surface area contributed by atoms with Crippen molar-refractivity contribution >= 4 is 45.4 Å². The molecule has 142 valence electrons. The molecule has 0 aliphatic carbocycles. The highest BCUT2D eigenvalue weighted by atomic mass is 32.2. The van der Waals surface area contributed by atoms with Crippen molar-refractivity contribution < 1.29 is 13.9 Å². The summed E-state index contributed by atoms with van der Waals surface area (Å²) >= 11 is 1.21. The maximum absolute atomic E-state index is 13.1. The van der Waals surface area contributed by atoms with E-state index in [4.69, 9.17) is 11.2 Å². The number of hydrogen-bond donors (Lipinski definition) is 1. The van der Waals surface area contributed by atoms with Crippen LogP contribution in [0, 0.1) is 18.2 Å². The normalized spacial score (nSPS) is 16.2. The number of nitrogens with zero attached hydrogens (tertiary/aromatic N) is 1. The first-order valence-electron chi connectivity index (χ1n) is 8.77. The van der Waals surface area contributed by atoms with E-state index in [1.54, 1.807) is 18.2 Å². The highest BCUT2D eigenvalue weighted by molar-refractivity contribution is 8.18. The van der Waals surface area contributed by atoms with Crippen molar-refractivity contribution in [2.75, 3.05) is 6.61 Å². The van der Waals surface area contributed by atoms with Gasteiger partial charge in [0.05, 0.1) is 10.6 Å². The number of aliphatic imine (C=N–C) groups is 1. The number of amides is 1. The Bertz CT molecular complexity index is 1190. The molecule has 4 rings (SSSR count). The Morgan fingerprint density at radius 2 is 1.93 bits per heavy atom. The Kier molecular flexibility index (Phi) is 5.32. The molecule has 0 atom stereocenters. The number of halogens is 1. The van der Waals surface area contributed by atoms with Crippen molar-refractivity contribution in [1.82, 2.24) is 5.32 Å². The summed E-state index contributed by atoms with van der Waals surface area (Å²) in [5.41, 5.74) is 1.33. The molecule has 3 aromatic rings. The fourth-order valence-corrected chi connectivity index (χ4v) is 3.74. The number of amidine groups is 1. The number of rotatable bonds is 4. The SMILES string of the molecule is C#CCOc1ccc2ccccc2c1/C=C1/SC(=Nc2ccc(F)cc2)NC1=O. The molecule has 29 heavy (non-hydrogen) atoms. The number of terminal acetylenes is 1. The minimum Gasteiger partial charge on any atom is -0.480 e. The van der Waals surface area contributed by atoms with Gasteiger partial charge in [-0.05, 0) is 58.9 Å². The van der Waals surface area contributed by atoms with Gasteiger partial charge in [-0.2, -0.15) is 0 Å². The minimum absolute atomic E-state index is 0.130. The lowest BCUT2D eigenvalue weighted by Crippen LogP contribution is -2.19. The van der Waals surface area contributed by atoms with Gasteiger partial charge in [-0.1, -0.05) is 36.3 Å². The lowest BCUT2D eigenvalue weighted by Gasteiger charge is -2.10. The number of ether oxygens (including phenoxy) is 1. The van der Waals surface area contributed by atoms with E-state index < -0.39 is 0 Å². The van der Waals surface area contributed by atoms with Crippen LogP contribution in [0.15, 0.2) is 70.6 Å². The average Bonchev–Trinajstić information content (AvgIpc) is 3.08. The van der Waals surface area contributed by atoms with Crippen LogP contribution >= 0.6 is 11.8 Å². The molecule has 1 heterocycles. The lowest BCUT2D eigenvalue weighted by atomic mass is 10.0. The summed E-state index contributed by atoms with van der Waals surface area (Å²) in [6.07, 6.45) is 7.11. The summed E-state index contributed by atoms with van der Waals surface area (Å²) in [6.45, 7) is 0.130. The molecule has 0 bridgehead atoms. The molecule has 1 aliphatic rings. The van der Waals surface area contributed by atoms with Gasteiger partial charge in [-0.25, -0.2) is 9.38 Å². The largest absolute Gasteiger partial charge is 0.480 e. The van der Waals surface area contributed by atoms with Crippen LogP contribution < -0.4 is 10.1 Å². The van der Waals surface area contributed by atoms with Gasteiger partial charge in [0.15, 0.2) is 5.17 Å². The van der Waals surface area contributed by atoms with E-state index in [0.717, 1.165) is 16.3 Å². The van der Waals surface area contributed by atoms with Gasteiger partial charge in [0.1, 0.15) is 18.2 Å². The van der Waals surface area contributed by atoms with Gasteiger partial charge in [0, 0.05) is 5.56 Å². The van der Waals surface area contributed by atoms with E-state index in [0.29, 0.717) is 21.5 Å². The van der Waals surface area contributed by atoms with Crippen molar-refractivity contribution in [1.29, 1.82) is 0 Å². The van der Waals surface area contributed by atoms with Gasteiger partial charge >= 0.3 is 0 Å². The lowest BCUT2D eigenvalue weighted by molar-refractivity contribution is -0.115. The first-order valence-corrected chi connectivity index (χ1v) is 9.59. The molecule has 6 heteroatoms. The van der Waals surface area contributed by atoms with Crippen LogP contribution in [-0.2, 0) is 4.79 Å². The number of hydrogen-bond acceptors (Lipinski definition) is 4. The van der Waals surface area contributed by atoms with E-state index in [9.17, 15) is 9.18 Å². The van der Waals surface area contributed by atoms with Gasteiger partial charge < -0.3 is 10.1 Å². The molecule has 0 unspecified atom stereocenters. The van der Waals surface area contributed by atoms with Crippen LogP contribution in [0.25, 0.3) is 16.8 Å². The Labute approximate surface area is 171 Å². The number of thioether (sulfide) groups is 1. The van der Waals surface area contributed by atoms with Crippen LogP contribution in [0.3, 0.4) is 0 Å². The molecule has 0 radical (unpaired) electrons. The molecule has 1 saturated heterocycles. The third kappa shape index (κ3) is 4.15. The maximum Gasteiger partial charge on any atom is 0.264 e. The number of fused-ring (bicyclic) bond motifs is 1. The first-order chi connectivity index (χ1) is 14.1. The van der Waals surface area contributed by atoms with E-state index in [-0.39, 0.29) is 18.3 Å². The second-order valence-electron chi connectivity index (χ2n) is 6.15. The molecule has 4 nitrogen and oxygen atoms in total. The van der Waals surface area contributed by atoms with E-state index in [1.165, 1.54) is 23.9 Å². The zero-order chi connectivity index (χ0) is 20.2. The summed E-state index contributed by atoms with van der Waals surface area (Å²) < 4.78 is 18.8. The van der Waals surface area contributed by atoms with Gasteiger partial charge in [0.2, 0.25) is 0 Å².